The van der Waals surface area contributed by atoms with Gasteiger partial charge in [0.2, 0.25) is 0 Å². The van der Waals surface area contributed by atoms with Crippen molar-refractivity contribution in [3.8, 4) is 0 Å². The molecule has 3 N–H and O–H groups in total. The van der Waals surface area contributed by atoms with E-state index in [-0.39, 0.29) is 17.1 Å². The van der Waals surface area contributed by atoms with Crippen molar-refractivity contribution in [3.05, 3.63) is 29.6 Å². The zero-order chi connectivity index (χ0) is 14.2. The van der Waals surface area contributed by atoms with Gasteiger partial charge in [0.15, 0.2) is 0 Å². The van der Waals surface area contributed by atoms with Crippen molar-refractivity contribution >= 4 is 17.7 Å². The third-order valence-electron chi connectivity index (χ3n) is 3.27. The molecular weight excluding hydrogens is 251 g/mol. The Morgan fingerprint density at radius 3 is 2.58 bits per heavy atom. The molecule has 1 atom stereocenters. The number of hydrogen-bond donors (Lipinski definition) is 3. The largest absolute Gasteiger partial charge is 0.478 e. The van der Waals surface area contributed by atoms with Crippen molar-refractivity contribution in [1.82, 2.24) is 5.32 Å². The van der Waals surface area contributed by atoms with Gasteiger partial charge in [-0.2, -0.15) is 0 Å². The zero-order valence-electron chi connectivity index (χ0n) is 10.7. The average molecular weight is 266 g/mol. The number of carboxylic acid groups (broad SMARTS) is 1. The van der Waals surface area contributed by atoms with Crippen LogP contribution in [-0.4, -0.2) is 23.1 Å². The lowest BCUT2D eigenvalue weighted by atomic mass is 10.2. The van der Waals surface area contributed by atoms with Crippen molar-refractivity contribution in [2.45, 2.75) is 26.3 Å². The number of halogens is 1. The van der Waals surface area contributed by atoms with E-state index >= 15 is 0 Å². The molecule has 0 heterocycles. The van der Waals surface area contributed by atoms with Gasteiger partial charge in [0.1, 0.15) is 5.82 Å². The number of carbonyl (C=O) groups is 2. The van der Waals surface area contributed by atoms with E-state index in [1.807, 2.05) is 13.8 Å². The Balaban J connectivity index is 2.01. The zero-order valence-corrected chi connectivity index (χ0v) is 10.7. The summed E-state index contributed by atoms with van der Waals surface area (Å²) in [6, 6.07) is 3.12. The fraction of sp³-hybridized carbons (Fsp3) is 0.385. The standard InChI is InChI=1S/C13H15FN2O3/c1-13(2)6-10(13)16-12(19)15-7-3-4-9(14)8(5-7)11(17)18/h3-5,10H,6H2,1-2H3,(H,17,18)(H2,15,16,19). The first kappa shape index (κ1) is 13.3. The highest BCUT2D eigenvalue weighted by atomic mass is 19.1. The predicted molar refractivity (Wildman–Crippen MR) is 67.7 cm³/mol. The van der Waals surface area contributed by atoms with E-state index in [0.29, 0.717) is 0 Å². The molecule has 1 aromatic carbocycles. The summed E-state index contributed by atoms with van der Waals surface area (Å²) in [5.74, 6) is -2.20. The summed E-state index contributed by atoms with van der Waals surface area (Å²) in [7, 11) is 0. The summed E-state index contributed by atoms with van der Waals surface area (Å²) >= 11 is 0. The van der Waals surface area contributed by atoms with Crippen LogP contribution >= 0.6 is 0 Å². The number of carbonyl (C=O) groups excluding carboxylic acids is 1. The van der Waals surface area contributed by atoms with Gasteiger partial charge in [0.25, 0.3) is 0 Å². The molecule has 0 aromatic heterocycles. The number of nitrogens with one attached hydrogen (secondary N) is 2. The van der Waals surface area contributed by atoms with Crippen LogP contribution in [0.15, 0.2) is 18.2 Å². The summed E-state index contributed by atoms with van der Waals surface area (Å²) in [5, 5.41) is 14.0. The van der Waals surface area contributed by atoms with Gasteiger partial charge >= 0.3 is 12.0 Å². The minimum Gasteiger partial charge on any atom is -0.478 e. The monoisotopic (exact) mass is 266 g/mol. The Kier molecular flexibility index (Phi) is 3.18. The normalized spacial score (nSPS) is 19.6. The maximum Gasteiger partial charge on any atom is 0.338 e. The molecule has 0 aliphatic heterocycles. The smallest absolute Gasteiger partial charge is 0.338 e. The van der Waals surface area contributed by atoms with Gasteiger partial charge in [-0.05, 0) is 30.0 Å². The van der Waals surface area contributed by atoms with Gasteiger partial charge in [0, 0.05) is 11.7 Å². The molecule has 1 unspecified atom stereocenters. The number of anilines is 1. The maximum absolute atomic E-state index is 13.2. The Hall–Kier alpha value is -2.11. The first-order valence-electron chi connectivity index (χ1n) is 5.90. The van der Waals surface area contributed by atoms with Crippen LogP contribution in [0, 0.1) is 11.2 Å². The molecule has 1 fully saturated rings. The minimum absolute atomic E-state index is 0.104. The van der Waals surface area contributed by atoms with Gasteiger partial charge in [0.05, 0.1) is 5.56 Å². The van der Waals surface area contributed by atoms with Crippen molar-refractivity contribution in [2.75, 3.05) is 5.32 Å². The summed E-state index contributed by atoms with van der Waals surface area (Å²) in [4.78, 5) is 22.4. The van der Waals surface area contributed by atoms with E-state index in [1.54, 1.807) is 0 Å². The van der Waals surface area contributed by atoms with E-state index < -0.39 is 23.4 Å². The summed E-state index contributed by atoms with van der Waals surface area (Å²) in [6.07, 6.45) is 0.907. The lowest BCUT2D eigenvalue weighted by Crippen LogP contribution is -2.32. The highest BCUT2D eigenvalue weighted by Gasteiger charge is 2.46. The molecule has 0 radical (unpaired) electrons. The van der Waals surface area contributed by atoms with Crippen molar-refractivity contribution in [3.63, 3.8) is 0 Å². The second-order valence-corrected chi connectivity index (χ2v) is 5.34. The van der Waals surface area contributed by atoms with Crippen LogP contribution in [0.2, 0.25) is 0 Å². The van der Waals surface area contributed by atoms with Gasteiger partial charge in [-0.15, -0.1) is 0 Å². The van der Waals surface area contributed by atoms with Crippen LogP contribution in [0.4, 0.5) is 14.9 Å². The third kappa shape index (κ3) is 3.01. The van der Waals surface area contributed by atoms with E-state index in [4.69, 9.17) is 5.11 Å². The molecule has 1 aliphatic rings. The molecule has 0 saturated heterocycles. The Bertz CT molecular complexity index is 543. The number of urea groups is 1. The Labute approximate surface area is 109 Å². The number of rotatable bonds is 3. The van der Waals surface area contributed by atoms with Crippen LogP contribution in [0.1, 0.15) is 30.6 Å². The molecular formula is C13H15FN2O3. The molecule has 2 rings (SSSR count). The van der Waals surface area contributed by atoms with Gasteiger partial charge < -0.3 is 15.7 Å². The Morgan fingerprint density at radius 2 is 2.05 bits per heavy atom. The average Bonchev–Trinajstić information content (AvgIpc) is 2.88. The molecule has 102 valence electrons. The summed E-state index contributed by atoms with van der Waals surface area (Å²) in [5.41, 5.74) is -0.119. The number of hydrogen-bond acceptors (Lipinski definition) is 2. The van der Waals surface area contributed by atoms with Crippen LogP contribution in [0.25, 0.3) is 0 Å². The lowest BCUT2D eigenvalue weighted by Gasteiger charge is -2.09. The van der Waals surface area contributed by atoms with Crippen LogP contribution in [0.3, 0.4) is 0 Å². The summed E-state index contributed by atoms with van der Waals surface area (Å²) < 4.78 is 13.2. The predicted octanol–water partition coefficient (Wildman–Crippen LogP) is 2.44. The molecule has 5 nitrogen and oxygen atoms in total. The molecule has 0 spiro atoms. The number of carboxylic acids is 1. The molecule has 19 heavy (non-hydrogen) atoms. The quantitative estimate of drug-likeness (QED) is 0.786. The highest BCUT2D eigenvalue weighted by Crippen LogP contribution is 2.44. The molecule has 6 heteroatoms. The molecule has 1 saturated carbocycles. The first-order chi connectivity index (χ1) is 8.79. The van der Waals surface area contributed by atoms with Gasteiger partial charge in [-0.25, -0.2) is 14.0 Å². The minimum atomic E-state index is -1.37. The maximum atomic E-state index is 13.2. The topological polar surface area (TPSA) is 78.4 Å². The van der Waals surface area contributed by atoms with E-state index in [9.17, 15) is 14.0 Å². The lowest BCUT2D eigenvalue weighted by molar-refractivity contribution is 0.0692. The second-order valence-electron chi connectivity index (χ2n) is 5.34. The molecule has 0 bridgehead atoms. The van der Waals surface area contributed by atoms with E-state index in [2.05, 4.69) is 10.6 Å². The first-order valence-corrected chi connectivity index (χ1v) is 5.90. The van der Waals surface area contributed by atoms with Crippen LogP contribution < -0.4 is 10.6 Å². The van der Waals surface area contributed by atoms with E-state index in [1.165, 1.54) is 6.07 Å². The summed E-state index contributed by atoms with van der Waals surface area (Å²) in [6.45, 7) is 4.08. The fourth-order valence-corrected chi connectivity index (χ4v) is 1.81. The molecule has 1 aromatic rings. The number of amides is 2. The van der Waals surface area contributed by atoms with Crippen LogP contribution in [-0.2, 0) is 0 Å². The second kappa shape index (κ2) is 4.53. The number of aromatic carboxylic acids is 1. The van der Waals surface area contributed by atoms with E-state index in [0.717, 1.165) is 18.6 Å². The highest BCUT2D eigenvalue weighted by molar-refractivity contribution is 5.93. The van der Waals surface area contributed by atoms with Crippen molar-refractivity contribution in [1.29, 1.82) is 0 Å². The SMILES string of the molecule is CC1(C)CC1NC(=O)Nc1ccc(F)c(C(=O)O)c1. The van der Waals surface area contributed by atoms with Gasteiger partial charge in [-0.1, -0.05) is 13.8 Å². The molecule has 2 amide bonds. The van der Waals surface area contributed by atoms with Crippen molar-refractivity contribution < 1.29 is 19.1 Å². The van der Waals surface area contributed by atoms with Crippen LogP contribution in [0.5, 0.6) is 0 Å². The van der Waals surface area contributed by atoms with Crippen molar-refractivity contribution in [2.24, 2.45) is 5.41 Å². The Morgan fingerprint density at radius 1 is 1.42 bits per heavy atom. The fourth-order valence-electron chi connectivity index (χ4n) is 1.81. The number of benzene rings is 1. The third-order valence-corrected chi connectivity index (χ3v) is 3.27. The molecule has 1 aliphatic carbocycles. The van der Waals surface area contributed by atoms with Gasteiger partial charge in [-0.3, -0.25) is 0 Å².